The zero-order valence-electron chi connectivity index (χ0n) is 14.9. The summed E-state index contributed by atoms with van der Waals surface area (Å²) in [4.78, 5) is 2.26. The fraction of sp³-hybridized carbons (Fsp3) is 0. The second kappa shape index (κ2) is 7.64. The minimum Gasteiger partial charge on any atom is -0.310 e. The van der Waals surface area contributed by atoms with Crippen LogP contribution in [0.1, 0.15) is 5.56 Å². The first-order valence-corrected chi connectivity index (χ1v) is 8.92. The van der Waals surface area contributed by atoms with E-state index in [-0.39, 0.29) is 0 Å². The minimum atomic E-state index is 0.894. The summed E-state index contributed by atoms with van der Waals surface area (Å²) in [7, 11) is 0. The molecule has 0 N–H and O–H groups in total. The van der Waals surface area contributed by atoms with E-state index in [1.165, 1.54) is 0 Å². The highest BCUT2D eigenvalue weighted by atomic mass is 15.1. The number of hydrogen-bond donors (Lipinski definition) is 0. The Morgan fingerprint density at radius 1 is 0.519 bits per heavy atom. The summed E-state index contributed by atoms with van der Waals surface area (Å²) in [5, 5.41) is 0. The molecule has 0 saturated heterocycles. The maximum absolute atomic E-state index is 5.47. The third-order valence-electron chi connectivity index (χ3n) is 4.52. The molecule has 1 heteroatoms. The Bertz CT molecular complexity index is 1020. The van der Waals surface area contributed by atoms with Crippen molar-refractivity contribution in [2.24, 2.45) is 0 Å². The van der Waals surface area contributed by atoms with Crippen LogP contribution in [0.15, 0.2) is 109 Å². The molecule has 0 atom stereocenters. The van der Waals surface area contributed by atoms with Gasteiger partial charge in [0.15, 0.2) is 0 Å². The molecular weight excluding hydrogens is 326 g/mol. The summed E-state index contributed by atoms with van der Waals surface area (Å²) >= 11 is 0. The molecule has 4 aromatic carbocycles. The molecule has 1 nitrogen and oxygen atoms in total. The third-order valence-corrected chi connectivity index (χ3v) is 4.52. The van der Waals surface area contributed by atoms with E-state index in [1.807, 2.05) is 24.3 Å². The monoisotopic (exact) mass is 345 g/mol. The molecule has 0 aliphatic heterocycles. The minimum absolute atomic E-state index is 0.894. The van der Waals surface area contributed by atoms with Crippen molar-refractivity contribution in [3.8, 4) is 23.5 Å². The highest BCUT2D eigenvalue weighted by Gasteiger charge is 2.12. The first-order chi connectivity index (χ1) is 13.3. The van der Waals surface area contributed by atoms with Crippen LogP contribution in [0.3, 0.4) is 0 Å². The van der Waals surface area contributed by atoms with Crippen LogP contribution in [0.4, 0.5) is 17.1 Å². The number of terminal acetylenes is 1. The van der Waals surface area contributed by atoms with Crippen LogP contribution in [0.2, 0.25) is 0 Å². The summed E-state index contributed by atoms with van der Waals surface area (Å²) in [5.41, 5.74) is 6.58. The highest BCUT2D eigenvalue weighted by molar-refractivity contribution is 5.79. The van der Waals surface area contributed by atoms with Crippen molar-refractivity contribution in [2.45, 2.75) is 0 Å². The lowest BCUT2D eigenvalue weighted by Gasteiger charge is -2.25. The first-order valence-electron chi connectivity index (χ1n) is 8.92. The molecular formula is C26H19N. The molecule has 0 aliphatic carbocycles. The van der Waals surface area contributed by atoms with E-state index in [4.69, 9.17) is 6.42 Å². The van der Waals surface area contributed by atoms with Crippen molar-refractivity contribution in [2.75, 3.05) is 4.90 Å². The number of benzene rings is 4. The van der Waals surface area contributed by atoms with Gasteiger partial charge in [-0.05, 0) is 59.7 Å². The van der Waals surface area contributed by atoms with E-state index < -0.39 is 0 Å². The van der Waals surface area contributed by atoms with Gasteiger partial charge in [-0.15, -0.1) is 6.42 Å². The van der Waals surface area contributed by atoms with Crippen LogP contribution in [0.25, 0.3) is 11.1 Å². The maximum Gasteiger partial charge on any atom is 0.0467 e. The van der Waals surface area contributed by atoms with Crippen molar-refractivity contribution in [1.29, 1.82) is 0 Å². The Kier molecular flexibility index (Phi) is 4.72. The Labute approximate surface area is 160 Å². The Morgan fingerprint density at radius 3 is 1.63 bits per heavy atom. The number of hydrogen-bond acceptors (Lipinski definition) is 1. The quantitative estimate of drug-likeness (QED) is 0.367. The topological polar surface area (TPSA) is 3.24 Å². The summed E-state index contributed by atoms with van der Waals surface area (Å²) in [6.45, 7) is 0. The van der Waals surface area contributed by atoms with Crippen LogP contribution in [-0.4, -0.2) is 0 Å². The molecule has 0 spiro atoms. The summed E-state index contributed by atoms with van der Waals surface area (Å²) in [6.07, 6.45) is 5.47. The van der Waals surface area contributed by atoms with Gasteiger partial charge in [0.25, 0.3) is 0 Å². The van der Waals surface area contributed by atoms with Crippen molar-refractivity contribution in [3.63, 3.8) is 0 Å². The van der Waals surface area contributed by atoms with Crippen LogP contribution in [0.5, 0.6) is 0 Å². The molecule has 128 valence electrons. The van der Waals surface area contributed by atoms with E-state index in [0.29, 0.717) is 0 Å². The lowest BCUT2D eigenvalue weighted by atomic mass is 10.0. The van der Waals surface area contributed by atoms with Crippen molar-refractivity contribution in [3.05, 3.63) is 115 Å². The molecule has 0 saturated carbocycles. The average Bonchev–Trinajstić information content (AvgIpc) is 2.76. The summed E-state index contributed by atoms with van der Waals surface area (Å²) in [5.74, 6) is 2.67. The van der Waals surface area contributed by atoms with Crippen molar-refractivity contribution in [1.82, 2.24) is 0 Å². The second-order valence-electron chi connectivity index (χ2n) is 6.28. The van der Waals surface area contributed by atoms with Gasteiger partial charge < -0.3 is 4.90 Å². The number of rotatable bonds is 4. The van der Waals surface area contributed by atoms with Crippen molar-refractivity contribution < 1.29 is 0 Å². The molecule has 0 bridgehead atoms. The molecule has 0 fully saturated rings. The van der Waals surface area contributed by atoms with Gasteiger partial charge in [-0.3, -0.25) is 0 Å². The first kappa shape index (κ1) is 16.7. The van der Waals surface area contributed by atoms with Crippen molar-refractivity contribution >= 4 is 17.1 Å². The van der Waals surface area contributed by atoms with E-state index in [1.54, 1.807) is 0 Å². The average molecular weight is 345 g/mol. The van der Waals surface area contributed by atoms with Crippen LogP contribution >= 0.6 is 0 Å². The predicted molar refractivity (Wildman–Crippen MR) is 114 cm³/mol. The zero-order chi connectivity index (χ0) is 18.5. The second-order valence-corrected chi connectivity index (χ2v) is 6.28. The Balaban J connectivity index is 1.80. The fourth-order valence-electron chi connectivity index (χ4n) is 3.18. The van der Waals surface area contributed by atoms with Gasteiger partial charge in [0, 0.05) is 22.6 Å². The van der Waals surface area contributed by atoms with Gasteiger partial charge in [0.2, 0.25) is 0 Å². The van der Waals surface area contributed by atoms with E-state index in [0.717, 1.165) is 33.8 Å². The highest BCUT2D eigenvalue weighted by Crippen LogP contribution is 2.36. The SMILES string of the molecule is C#Cc1ccc(-c2cccc(N(c3ccccc3)c3ccccc3)c2)cc1. The normalized spacial score (nSPS) is 10.2. The fourth-order valence-corrected chi connectivity index (χ4v) is 3.18. The van der Waals surface area contributed by atoms with Crippen LogP contribution < -0.4 is 4.90 Å². The van der Waals surface area contributed by atoms with Gasteiger partial charge in [-0.2, -0.15) is 0 Å². The lowest BCUT2D eigenvalue weighted by molar-refractivity contribution is 1.28. The number of para-hydroxylation sites is 2. The molecule has 0 heterocycles. The van der Waals surface area contributed by atoms with Gasteiger partial charge in [0.1, 0.15) is 0 Å². The maximum atomic E-state index is 5.47. The lowest BCUT2D eigenvalue weighted by Crippen LogP contribution is -2.09. The number of anilines is 3. The number of nitrogens with zero attached hydrogens (tertiary/aromatic N) is 1. The van der Waals surface area contributed by atoms with E-state index in [9.17, 15) is 0 Å². The van der Waals surface area contributed by atoms with Gasteiger partial charge in [0.05, 0.1) is 0 Å². The standard InChI is InChI=1S/C26H19N/c1-2-21-16-18-22(19-17-21)23-10-9-15-26(20-23)27(24-11-5-3-6-12-24)25-13-7-4-8-14-25/h1,3-20H. The molecule has 27 heavy (non-hydrogen) atoms. The molecule has 0 aromatic heterocycles. The molecule has 4 aromatic rings. The van der Waals surface area contributed by atoms with Gasteiger partial charge in [-0.1, -0.05) is 66.6 Å². The largest absolute Gasteiger partial charge is 0.310 e. The summed E-state index contributed by atoms with van der Waals surface area (Å²) in [6, 6.07) is 37.5. The Morgan fingerprint density at radius 2 is 1.07 bits per heavy atom. The van der Waals surface area contributed by atoms with E-state index >= 15 is 0 Å². The smallest absolute Gasteiger partial charge is 0.0467 e. The predicted octanol–water partition coefficient (Wildman–Crippen LogP) is 6.80. The van der Waals surface area contributed by atoms with E-state index in [2.05, 4.69) is 95.7 Å². The molecule has 0 unspecified atom stereocenters. The molecule has 0 amide bonds. The molecule has 0 radical (unpaired) electrons. The molecule has 0 aliphatic rings. The van der Waals surface area contributed by atoms with Gasteiger partial charge >= 0.3 is 0 Å². The Hall–Kier alpha value is -3.76. The van der Waals surface area contributed by atoms with Gasteiger partial charge in [-0.25, -0.2) is 0 Å². The van der Waals surface area contributed by atoms with Crippen LogP contribution in [-0.2, 0) is 0 Å². The molecule has 4 rings (SSSR count). The summed E-state index contributed by atoms with van der Waals surface area (Å²) < 4.78 is 0. The zero-order valence-corrected chi connectivity index (χ0v) is 14.9. The third kappa shape index (κ3) is 3.61. The van der Waals surface area contributed by atoms with Crippen LogP contribution in [0, 0.1) is 12.3 Å².